The van der Waals surface area contributed by atoms with Crippen molar-refractivity contribution in [2.24, 2.45) is 0 Å². The second kappa shape index (κ2) is 14.8. The second-order valence-electron chi connectivity index (χ2n) is 11.8. The first-order valence-electron chi connectivity index (χ1n) is 15.2. The van der Waals surface area contributed by atoms with E-state index in [2.05, 4.69) is 192 Å². The van der Waals surface area contributed by atoms with Crippen molar-refractivity contribution >= 4 is 33.9 Å². The zero-order valence-electron chi connectivity index (χ0n) is 27.9. The summed E-state index contributed by atoms with van der Waals surface area (Å²) in [6, 6.07) is 35.0. The molecule has 0 radical (unpaired) electrons. The molecule has 5 nitrogen and oxygen atoms in total. The van der Waals surface area contributed by atoms with Gasteiger partial charge in [-0.25, -0.2) is 0 Å². The lowest BCUT2D eigenvalue weighted by atomic mass is 9.93. The predicted octanol–water partition coefficient (Wildman–Crippen LogP) is 7.92. The fraction of sp³-hybridized carbons (Fsp3) is 0.282. The zero-order valence-corrected chi connectivity index (χ0v) is 27.9. The summed E-state index contributed by atoms with van der Waals surface area (Å²) in [7, 11) is 16.6. The van der Waals surface area contributed by atoms with Crippen molar-refractivity contribution in [1.29, 1.82) is 0 Å². The van der Waals surface area contributed by atoms with E-state index in [1.165, 1.54) is 22.7 Å². The second-order valence-corrected chi connectivity index (χ2v) is 11.8. The van der Waals surface area contributed by atoms with Crippen molar-refractivity contribution in [1.82, 2.24) is 0 Å². The highest BCUT2D eigenvalue weighted by atomic mass is 16.5. The first-order chi connectivity index (χ1) is 21.1. The van der Waals surface area contributed by atoms with Crippen molar-refractivity contribution in [3.63, 3.8) is 0 Å². The van der Waals surface area contributed by atoms with Crippen LogP contribution in [0, 0.1) is 0 Å². The highest BCUT2D eigenvalue weighted by molar-refractivity contribution is 5.84. The largest absolute Gasteiger partial charge is 0.378 e. The van der Waals surface area contributed by atoms with Crippen LogP contribution in [0.15, 0.2) is 109 Å². The molecule has 0 bridgehead atoms. The van der Waals surface area contributed by atoms with E-state index in [0.717, 1.165) is 33.4 Å². The Morgan fingerprint density at radius 1 is 0.455 bits per heavy atom. The summed E-state index contributed by atoms with van der Waals surface area (Å²) in [4.78, 5) is 8.50. The lowest BCUT2D eigenvalue weighted by molar-refractivity contribution is 0.129. The quantitative estimate of drug-likeness (QED) is 0.167. The predicted molar refractivity (Wildman–Crippen MR) is 193 cm³/mol. The molecule has 0 aliphatic carbocycles. The van der Waals surface area contributed by atoms with Gasteiger partial charge < -0.3 is 24.3 Å². The maximum atomic E-state index is 6.45. The molecular weight excluding hydrogens is 540 g/mol. The van der Waals surface area contributed by atoms with Gasteiger partial charge in [-0.15, -0.1) is 0 Å². The fourth-order valence-corrected chi connectivity index (χ4v) is 5.14. The van der Waals surface area contributed by atoms with Crippen LogP contribution in [0.25, 0.3) is 11.1 Å². The number of anilines is 4. The van der Waals surface area contributed by atoms with E-state index in [-0.39, 0.29) is 6.10 Å². The third kappa shape index (κ3) is 8.12. The molecule has 0 aliphatic heterocycles. The van der Waals surface area contributed by atoms with Gasteiger partial charge in [-0.1, -0.05) is 48.5 Å². The Kier molecular flexibility index (Phi) is 10.9. The molecule has 4 aromatic carbocycles. The van der Waals surface area contributed by atoms with E-state index in [1.54, 1.807) is 0 Å². The van der Waals surface area contributed by atoms with E-state index < -0.39 is 0 Å². The van der Waals surface area contributed by atoms with Crippen LogP contribution in [0.1, 0.15) is 29.2 Å². The van der Waals surface area contributed by atoms with E-state index in [0.29, 0.717) is 6.61 Å². The van der Waals surface area contributed by atoms with Crippen LogP contribution in [0.2, 0.25) is 0 Å². The van der Waals surface area contributed by atoms with E-state index in [1.807, 2.05) is 0 Å². The van der Waals surface area contributed by atoms with Gasteiger partial charge >= 0.3 is 0 Å². The standard InChI is InChI=1S/C39H48N4O/c1-10-44-37(27-38(29-11-19-33(20-12-29)40(2)3)30-13-21-34(22-14-30)41(4)5)28-39(31-15-23-35(24-16-31)42(6)7)32-17-25-36(26-18-32)43(8)9/h11-28,37H,10H2,1-9H3. The monoisotopic (exact) mass is 588 g/mol. The minimum atomic E-state index is -0.255. The summed E-state index contributed by atoms with van der Waals surface area (Å²) >= 11 is 0. The van der Waals surface area contributed by atoms with Gasteiger partial charge in [0.1, 0.15) is 0 Å². The molecule has 0 saturated carbocycles. The Morgan fingerprint density at radius 3 is 0.864 bits per heavy atom. The average molecular weight is 589 g/mol. The summed E-state index contributed by atoms with van der Waals surface area (Å²) in [6.45, 7) is 2.65. The molecule has 0 spiro atoms. The van der Waals surface area contributed by atoms with E-state index >= 15 is 0 Å². The molecule has 230 valence electrons. The fourth-order valence-electron chi connectivity index (χ4n) is 5.14. The van der Waals surface area contributed by atoms with Crippen LogP contribution in [-0.2, 0) is 4.74 Å². The lowest BCUT2D eigenvalue weighted by Gasteiger charge is -2.20. The van der Waals surface area contributed by atoms with Gasteiger partial charge in [-0.2, -0.15) is 0 Å². The zero-order chi connectivity index (χ0) is 31.8. The van der Waals surface area contributed by atoms with Gasteiger partial charge in [-0.05, 0) is 101 Å². The molecule has 0 unspecified atom stereocenters. The van der Waals surface area contributed by atoms with Crippen LogP contribution in [-0.4, -0.2) is 69.1 Å². The molecular formula is C39H48N4O. The van der Waals surface area contributed by atoms with Gasteiger partial charge in [0.05, 0.1) is 6.10 Å². The van der Waals surface area contributed by atoms with Crippen molar-refractivity contribution in [2.75, 3.05) is 82.6 Å². The van der Waals surface area contributed by atoms with Crippen molar-refractivity contribution in [3.05, 3.63) is 131 Å². The molecule has 0 heterocycles. The molecule has 4 aromatic rings. The van der Waals surface area contributed by atoms with Gasteiger partial charge in [0.2, 0.25) is 0 Å². The average Bonchev–Trinajstić information content (AvgIpc) is 3.02. The summed E-state index contributed by atoms with van der Waals surface area (Å²) < 4.78 is 6.45. The Hall–Kier alpha value is -4.48. The van der Waals surface area contributed by atoms with Gasteiger partial charge in [0.15, 0.2) is 0 Å². The first-order valence-corrected chi connectivity index (χ1v) is 15.2. The highest BCUT2D eigenvalue weighted by Gasteiger charge is 2.14. The van der Waals surface area contributed by atoms with E-state index in [9.17, 15) is 0 Å². The molecule has 0 atom stereocenters. The number of rotatable bonds is 12. The normalized spacial score (nSPS) is 10.8. The molecule has 4 rings (SSSR count). The maximum absolute atomic E-state index is 6.45. The lowest BCUT2D eigenvalue weighted by Crippen LogP contribution is -2.11. The first kappa shape index (κ1) is 32.4. The number of hydrogen-bond acceptors (Lipinski definition) is 5. The Balaban J connectivity index is 1.88. The Labute approximate surface area is 265 Å². The third-order valence-electron chi connectivity index (χ3n) is 7.80. The molecule has 0 saturated heterocycles. The molecule has 0 aromatic heterocycles. The minimum Gasteiger partial charge on any atom is -0.378 e. The van der Waals surface area contributed by atoms with Crippen molar-refractivity contribution < 1.29 is 4.74 Å². The summed E-state index contributed by atoms with van der Waals surface area (Å²) in [5.74, 6) is 0. The van der Waals surface area contributed by atoms with E-state index in [4.69, 9.17) is 4.74 Å². The molecule has 0 aliphatic rings. The SMILES string of the molecule is CCOC(C=C(c1ccc(N(C)C)cc1)c1ccc(N(C)C)cc1)C=C(c1ccc(N(C)C)cc1)c1ccc(N(C)C)cc1. The molecule has 0 amide bonds. The number of nitrogens with zero attached hydrogens (tertiary/aromatic N) is 4. The van der Waals surface area contributed by atoms with Crippen molar-refractivity contribution in [2.45, 2.75) is 13.0 Å². The maximum Gasteiger partial charge on any atom is 0.0955 e. The van der Waals surface area contributed by atoms with Crippen LogP contribution in [0.5, 0.6) is 0 Å². The van der Waals surface area contributed by atoms with Gasteiger partial charge in [0, 0.05) is 85.7 Å². The highest BCUT2D eigenvalue weighted by Crippen LogP contribution is 2.31. The molecule has 5 heteroatoms. The van der Waals surface area contributed by atoms with Crippen molar-refractivity contribution in [3.8, 4) is 0 Å². The van der Waals surface area contributed by atoms with Crippen LogP contribution < -0.4 is 19.6 Å². The number of benzene rings is 4. The van der Waals surface area contributed by atoms with Crippen LogP contribution in [0.3, 0.4) is 0 Å². The van der Waals surface area contributed by atoms with Gasteiger partial charge in [-0.3, -0.25) is 0 Å². The Bertz CT molecular complexity index is 1310. The molecule has 0 fully saturated rings. The smallest absolute Gasteiger partial charge is 0.0955 e. The Morgan fingerprint density at radius 2 is 0.682 bits per heavy atom. The summed E-state index contributed by atoms with van der Waals surface area (Å²) in [6.07, 6.45) is 4.27. The topological polar surface area (TPSA) is 22.2 Å². The van der Waals surface area contributed by atoms with Crippen LogP contribution >= 0.6 is 0 Å². The molecule has 0 N–H and O–H groups in total. The summed E-state index contributed by atoms with van der Waals surface area (Å²) in [5, 5.41) is 0. The van der Waals surface area contributed by atoms with Gasteiger partial charge in [0.25, 0.3) is 0 Å². The number of ether oxygens (including phenoxy) is 1. The molecule has 44 heavy (non-hydrogen) atoms. The minimum absolute atomic E-state index is 0.255. The van der Waals surface area contributed by atoms with Crippen LogP contribution in [0.4, 0.5) is 22.7 Å². The number of hydrogen-bond donors (Lipinski definition) is 0. The third-order valence-corrected chi connectivity index (χ3v) is 7.80. The summed E-state index contributed by atoms with van der Waals surface area (Å²) in [5.41, 5.74) is 11.6.